The molecule has 0 bridgehead atoms. The number of hydrogen-bond donors (Lipinski definition) is 1. The van der Waals surface area contributed by atoms with E-state index in [1.807, 2.05) is 45.9 Å². The van der Waals surface area contributed by atoms with Gasteiger partial charge in [0.15, 0.2) is 0 Å². The second-order valence-corrected chi connectivity index (χ2v) is 5.85. The summed E-state index contributed by atoms with van der Waals surface area (Å²) in [5.41, 5.74) is 7.22. The van der Waals surface area contributed by atoms with Gasteiger partial charge in [0.05, 0.1) is 5.75 Å². The van der Waals surface area contributed by atoms with Crippen LogP contribution in [0.2, 0.25) is 0 Å². The van der Waals surface area contributed by atoms with E-state index in [4.69, 9.17) is 10.5 Å². The molecule has 1 aromatic carbocycles. The quantitative estimate of drug-likeness (QED) is 0.511. The van der Waals surface area contributed by atoms with Gasteiger partial charge >= 0.3 is 5.97 Å². The van der Waals surface area contributed by atoms with Crippen molar-refractivity contribution >= 4 is 23.4 Å². The molecular formula is C13H19NO2S. The molecule has 0 heterocycles. The topological polar surface area (TPSA) is 52.3 Å². The van der Waals surface area contributed by atoms with Gasteiger partial charge in [0.1, 0.15) is 5.60 Å². The first-order valence-corrected chi connectivity index (χ1v) is 6.48. The fourth-order valence-electron chi connectivity index (χ4n) is 1.37. The smallest absolute Gasteiger partial charge is 0.316 e. The number of esters is 1. The Morgan fingerprint density at radius 3 is 2.59 bits per heavy atom. The Morgan fingerprint density at radius 2 is 2.06 bits per heavy atom. The third-order valence-electron chi connectivity index (χ3n) is 2.00. The summed E-state index contributed by atoms with van der Waals surface area (Å²) in [6.45, 7) is 7.56. The summed E-state index contributed by atoms with van der Waals surface area (Å²) in [4.78, 5) is 12.5. The summed E-state index contributed by atoms with van der Waals surface area (Å²) >= 11 is 1.42. The van der Waals surface area contributed by atoms with Crippen LogP contribution in [0.15, 0.2) is 23.1 Å². The number of nitrogens with two attached hydrogens (primary N) is 1. The van der Waals surface area contributed by atoms with Crippen LogP contribution in [-0.4, -0.2) is 17.3 Å². The predicted octanol–water partition coefficient (Wildman–Crippen LogP) is 3.01. The van der Waals surface area contributed by atoms with Gasteiger partial charge in [0, 0.05) is 10.6 Å². The summed E-state index contributed by atoms with van der Waals surface area (Å²) < 4.78 is 5.24. The Balaban J connectivity index is 2.59. The van der Waals surface area contributed by atoms with Gasteiger partial charge < -0.3 is 10.5 Å². The molecule has 0 atom stereocenters. The summed E-state index contributed by atoms with van der Waals surface area (Å²) in [7, 11) is 0. The lowest BCUT2D eigenvalue weighted by molar-refractivity contribution is -0.151. The Hall–Kier alpha value is -1.16. The fraction of sp³-hybridized carbons (Fsp3) is 0.462. The minimum Gasteiger partial charge on any atom is -0.459 e. The van der Waals surface area contributed by atoms with Crippen LogP contribution in [0, 0.1) is 6.92 Å². The maximum Gasteiger partial charge on any atom is 0.316 e. The van der Waals surface area contributed by atoms with Crippen molar-refractivity contribution in [3.63, 3.8) is 0 Å². The van der Waals surface area contributed by atoms with Crippen LogP contribution < -0.4 is 5.73 Å². The van der Waals surface area contributed by atoms with Gasteiger partial charge in [-0.2, -0.15) is 0 Å². The average molecular weight is 253 g/mol. The van der Waals surface area contributed by atoms with Crippen LogP contribution in [0.25, 0.3) is 0 Å². The molecule has 0 aromatic heterocycles. The van der Waals surface area contributed by atoms with Gasteiger partial charge in [0.25, 0.3) is 0 Å². The average Bonchev–Trinajstić information content (AvgIpc) is 2.14. The number of nitrogen functional groups attached to an aromatic ring is 1. The number of rotatable bonds is 3. The van der Waals surface area contributed by atoms with E-state index in [9.17, 15) is 4.79 Å². The number of carbonyl (C=O) groups is 1. The summed E-state index contributed by atoms with van der Waals surface area (Å²) in [6, 6.07) is 5.72. The van der Waals surface area contributed by atoms with Crippen molar-refractivity contribution in [2.24, 2.45) is 0 Å². The molecule has 0 aliphatic heterocycles. The van der Waals surface area contributed by atoms with E-state index in [0.717, 1.165) is 10.5 Å². The van der Waals surface area contributed by atoms with Gasteiger partial charge in [-0.3, -0.25) is 4.79 Å². The number of thioether (sulfide) groups is 1. The largest absolute Gasteiger partial charge is 0.459 e. The van der Waals surface area contributed by atoms with Crippen molar-refractivity contribution in [2.45, 2.75) is 38.2 Å². The van der Waals surface area contributed by atoms with Crippen molar-refractivity contribution in [1.82, 2.24) is 0 Å². The molecule has 0 radical (unpaired) electrons. The molecule has 17 heavy (non-hydrogen) atoms. The van der Waals surface area contributed by atoms with Crippen LogP contribution in [0.5, 0.6) is 0 Å². The standard InChI is InChI=1S/C13H19NO2S/c1-9-6-5-7-10(14)12(9)17-8-11(15)16-13(2,3)4/h5-7H,8,14H2,1-4H3. The molecule has 1 aromatic rings. The lowest BCUT2D eigenvalue weighted by Gasteiger charge is -2.19. The molecule has 0 saturated carbocycles. The molecule has 0 amide bonds. The highest BCUT2D eigenvalue weighted by molar-refractivity contribution is 8.00. The third kappa shape index (κ3) is 4.69. The monoisotopic (exact) mass is 253 g/mol. The van der Waals surface area contributed by atoms with Gasteiger partial charge in [-0.15, -0.1) is 11.8 Å². The summed E-state index contributed by atoms with van der Waals surface area (Å²) in [5.74, 6) is 0.0666. The molecule has 0 fully saturated rings. The highest BCUT2D eigenvalue weighted by atomic mass is 32.2. The molecule has 4 heteroatoms. The molecule has 0 unspecified atom stereocenters. The first-order valence-electron chi connectivity index (χ1n) is 5.49. The zero-order valence-electron chi connectivity index (χ0n) is 10.7. The molecule has 1 rings (SSSR count). The second-order valence-electron chi connectivity index (χ2n) is 4.87. The zero-order chi connectivity index (χ0) is 13.1. The Labute approximate surface area is 107 Å². The zero-order valence-corrected chi connectivity index (χ0v) is 11.6. The van der Waals surface area contributed by atoms with E-state index in [2.05, 4.69) is 0 Å². The van der Waals surface area contributed by atoms with Crippen molar-refractivity contribution in [2.75, 3.05) is 11.5 Å². The van der Waals surface area contributed by atoms with Gasteiger partial charge in [-0.25, -0.2) is 0 Å². The Bertz CT molecular complexity index is 390. The molecule has 3 nitrogen and oxygen atoms in total. The lowest BCUT2D eigenvalue weighted by atomic mass is 10.2. The molecule has 0 saturated heterocycles. The summed E-state index contributed by atoms with van der Waals surface area (Å²) in [6.07, 6.45) is 0. The summed E-state index contributed by atoms with van der Waals surface area (Å²) in [5, 5.41) is 0. The van der Waals surface area contributed by atoms with Crippen LogP contribution >= 0.6 is 11.8 Å². The Morgan fingerprint density at radius 1 is 1.41 bits per heavy atom. The van der Waals surface area contributed by atoms with E-state index >= 15 is 0 Å². The van der Waals surface area contributed by atoms with Crippen LogP contribution in [0.3, 0.4) is 0 Å². The first-order chi connectivity index (χ1) is 7.79. The molecule has 0 aliphatic carbocycles. The second kappa shape index (κ2) is 5.45. The van der Waals surface area contributed by atoms with E-state index in [0.29, 0.717) is 5.69 Å². The number of carbonyl (C=O) groups excluding carboxylic acids is 1. The first kappa shape index (κ1) is 13.9. The highest BCUT2D eigenvalue weighted by Gasteiger charge is 2.16. The molecule has 2 N–H and O–H groups in total. The van der Waals surface area contributed by atoms with Crippen molar-refractivity contribution < 1.29 is 9.53 Å². The third-order valence-corrected chi connectivity index (χ3v) is 3.22. The predicted molar refractivity (Wildman–Crippen MR) is 72.2 cm³/mol. The maximum atomic E-state index is 11.6. The number of benzene rings is 1. The lowest BCUT2D eigenvalue weighted by Crippen LogP contribution is -2.24. The molecular weight excluding hydrogens is 234 g/mol. The van der Waals surface area contributed by atoms with Crippen molar-refractivity contribution in [3.05, 3.63) is 23.8 Å². The van der Waals surface area contributed by atoms with Crippen molar-refractivity contribution in [3.8, 4) is 0 Å². The molecule has 0 aliphatic rings. The van der Waals surface area contributed by atoms with E-state index in [-0.39, 0.29) is 11.7 Å². The highest BCUT2D eigenvalue weighted by Crippen LogP contribution is 2.28. The van der Waals surface area contributed by atoms with Crippen LogP contribution in [0.1, 0.15) is 26.3 Å². The van der Waals surface area contributed by atoms with Crippen molar-refractivity contribution in [1.29, 1.82) is 0 Å². The van der Waals surface area contributed by atoms with Gasteiger partial charge in [0.2, 0.25) is 0 Å². The maximum absolute atomic E-state index is 11.6. The van der Waals surface area contributed by atoms with E-state index in [1.54, 1.807) is 0 Å². The van der Waals surface area contributed by atoms with E-state index < -0.39 is 5.60 Å². The molecule has 94 valence electrons. The normalized spacial score (nSPS) is 11.3. The minimum atomic E-state index is -0.436. The number of hydrogen-bond acceptors (Lipinski definition) is 4. The fourth-order valence-corrected chi connectivity index (χ4v) is 2.23. The number of ether oxygens (including phenoxy) is 1. The molecule has 0 spiro atoms. The van der Waals surface area contributed by atoms with Gasteiger partial charge in [-0.05, 0) is 39.3 Å². The minimum absolute atomic E-state index is 0.217. The van der Waals surface area contributed by atoms with Crippen LogP contribution in [0.4, 0.5) is 5.69 Å². The number of aryl methyl sites for hydroxylation is 1. The number of anilines is 1. The van der Waals surface area contributed by atoms with E-state index in [1.165, 1.54) is 11.8 Å². The van der Waals surface area contributed by atoms with Gasteiger partial charge in [-0.1, -0.05) is 12.1 Å². The Kier molecular flexibility index (Phi) is 4.46. The van der Waals surface area contributed by atoms with Crippen LogP contribution in [-0.2, 0) is 9.53 Å². The SMILES string of the molecule is Cc1cccc(N)c1SCC(=O)OC(C)(C)C.